The molecule has 0 spiro atoms. The van der Waals surface area contributed by atoms with Gasteiger partial charge in [-0.3, -0.25) is 0 Å². The normalized spacial score (nSPS) is 11.1. The second kappa shape index (κ2) is 7.13. The van der Waals surface area contributed by atoms with Crippen LogP contribution in [0.5, 0.6) is 0 Å². The van der Waals surface area contributed by atoms with Crippen molar-refractivity contribution in [1.29, 1.82) is 0 Å². The summed E-state index contributed by atoms with van der Waals surface area (Å²) < 4.78 is 50.7. The summed E-state index contributed by atoms with van der Waals surface area (Å²) in [6.45, 7) is 0.230. The number of halogens is 4. The summed E-state index contributed by atoms with van der Waals surface area (Å²) in [5, 5.41) is 4.83. The number of alkyl halides is 3. The molecule has 0 heterocycles. The first-order chi connectivity index (χ1) is 10.8. The van der Waals surface area contributed by atoms with E-state index in [-0.39, 0.29) is 18.0 Å². The molecule has 122 valence electrons. The lowest BCUT2D eigenvalue weighted by molar-refractivity contribution is -0.137. The first-order valence-electron chi connectivity index (χ1n) is 6.81. The molecule has 23 heavy (non-hydrogen) atoms. The Bertz CT molecular complexity index is 686. The molecule has 0 radical (unpaired) electrons. The van der Waals surface area contributed by atoms with Gasteiger partial charge in [-0.15, -0.1) is 0 Å². The molecule has 0 fully saturated rings. The quantitative estimate of drug-likeness (QED) is 0.812. The van der Waals surface area contributed by atoms with Gasteiger partial charge in [-0.25, -0.2) is 9.18 Å². The van der Waals surface area contributed by atoms with Gasteiger partial charge in [-0.05, 0) is 42.3 Å². The number of nitrogens with one attached hydrogen (secondary N) is 2. The van der Waals surface area contributed by atoms with Crippen molar-refractivity contribution < 1.29 is 22.4 Å². The number of benzene rings is 2. The minimum absolute atomic E-state index is 0.0445. The molecule has 0 aliphatic rings. The van der Waals surface area contributed by atoms with Crippen LogP contribution in [-0.2, 0) is 12.6 Å². The molecule has 2 aromatic carbocycles. The van der Waals surface area contributed by atoms with E-state index in [1.54, 1.807) is 12.1 Å². The van der Waals surface area contributed by atoms with Gasteiger partial charge in [-0.2, -0.15) is 13.2 Å². The molecule has 2 amide bonds. The van der Waals surface area contributed by atoms with Crippen LogP contribution in [0, 0.1) is 5.82 Å². The van der Waals surface area contributed by atoms with Gasteiger partial charge >= 0.3 is 12.2 Å². The highest BCUT2D eigenvalue weighted by molar-refractivity contribution is 5.89. The number of hydrogen-bond donors (Lipinski definition) is 2. The summed E-state index contributed by atoms with van der Waals surface area (Å²) in [5.41, 5.74) is -0.0810. The van der Waals surface area contributed by atoms with Gasteiger partial charge < -0.3 is 10.6 Å². The van der Waals surface area contributed by atoms with Crippen molar-refractivity contribution in [3.05, 3.63) is 65.5 Å². The summed E-state index contributed by atoms with van der Waals surface area (Å²) in [6.07, 6.45) is -4.06. The maximum Gasteiger partial charge on any atom is 0.416 e. The Balaban J connectivity index is 1.85. The molecule has 0 aliphatic carbocycles. The lowest BCUT2D eigenvalue weighted by Crippen LogP contribution is -2.30. The summed E-state index contributed by atoms with van der Waals surface area (Å²) in [4.78, 5) is 11.7. The van der Waals surface area contributed by atoms with Crippen LogP contribution in [0.3, 0.4) is 0 Å². The van der Waals surface area contributed by atoms with E-state index in [1.165, 1.54) is 24.3 Å². The van der Waals surface area contributed by atoms with Gasteiger partial charge in [0, 0.05) is 12.2 Å². The number of anilines is 1. The summed E-state index contributed by atoms with van der Waals surface area (Å²) >= 11 is 0. The molecule has 0 unspecified atom stereocenters. The number of carbonyl (C=O) groups is 1. The molecule has 0 aromatic heterocycles. The average molecular weight is 326 g/mol. The molecule has 0 saturated carbocycles. The summed E-state index contributed by atoms with van der Waals surface area (Å²) in [5.74, 6) is -0.365. The van der Waals surface area contributed by atoms with Crippen LogP contribution in [0.25, 0.3) is 0 Å². The molecule has 0 aliphatic heterocycles. The van der Waals surface area contributed by atoms with Crippen LogP contribution in [0.15, 0.2) is 48.5 Å². The van der Waals surface area contributed by atoms with E-state index in [4.69, 9.17) is 0 Å². The molecule has 0 atom stereocenters. The van der Waals surface area contributed by atoms with Gasteiger partial charge in [0.2, 0.25) is 0 Å². The van der Waals surface area contributed by atoms with Crippen molar-refractivity contribution in [3.63, 3.8) is 0 Å². The lowest BCUT2D eigenvalue weighted by Gasteiger charge is -2.10. The van der Waals surface area contributed by atoms with E-state index in [0.717, 1.165) is 12.1 Å². The van der Waals surface area contributed by atoms with Crippen molar-refractivity contribution in [2.45, 2.75) is 12.6 Å². The van der Waals surface area contributed by atoms with Crippen LogP contribution < -0.4 is 10.6 Å². The number of urea groups is 1. The Labute approximate surface area is 130 Å². The predicted molar refractivity (Wildman–Crippen MR) is 78.6 cm³/mol. The minimum atomic E-state index is -4.47. The Hall–Kier alpha value is -2.57. The van der Waals surface area contributed by atoms with E-state index in [0.29, 0.717) is 12.0 Å². The third kappa shape index (κ3) is 5.28. The van der Waals surface area contributed by atoms with Gasteiger partial charge in [0.25, 0.3) is 0 Å². The standard InChI is InChI=1S/C16H14F4N2O/c17-13-5-1-3-11(9-13)7-8-21-15(23)22-14-6-2-4-12(10-14)16(18,19)20/h1-6,9-10H,7-8H2,(H2,21,22,23). The van der Waals surface area contributed by atoms with Gasteiger partial charge in [0.1, 0.15) is 5.82 Å². The number of carbonyl (C=O) groups excluding carboxylic acids is 1. The fourth-order valence-electron chi connectivity index (χ4n) is 1.96. The van der Waals surface area contributed by atoms with E-state index in [1.807, 2.05) is 0 Å². The van der Waals surface area contributed by atoms with Crippen LogP contribution in [0.4, 0.5) is 28.0 Å². The zero-order chi connectivity index (χ0) is 16.9. The van der Waals surface area contributed by atoms with Crippen LogP contribution in [0.2, 0.25) is 0 Å². The number of rotatable bonds is 4. The third-order valence-electron chi connectivity index (χ3n) is 3.04. The molecule has 2 rings (SSSR count). The van der Waals surface area contributed by atoms with E-state index in [2.05, 4.69) is 10.6 Å². The molecular weight excluding hydrogens is 312 g/mol. The van der Waals surface area contributed by atoms with Crippen molar-refractivity contribution in [2.75, 3.05) is 11.9 Å². The Morgan fingerprint density at radius 2 is 1.78 bits per heavy atom. The smallest absolute Gasteiger partial charge is 0.338 e. The minimum Gasteiger partial charge on any atom is -0.338 e. The Kier molecular flexibility index (Phi) is 5.20. The highest BCUT2D eigenvalue weighted by Crippen LogP contribution is 2.30. The predicted octanol–water partition coefficient (Wildman–Crippen LogP) is 4.21. The lowest BCUT2D eigenvalue weighted by atomic mass is 10.1. The Morgan fingerprint density at radius 1 is 1.04 bits per heavy atom. The second-order valence-corrected chi connectivity index (χ2v) is 4.84. The average Bonchev–Trinajstić information content (AvgIpc) is 2.46. The molecular formula is C16H14F4N2O. The van der Waals surface area contributed by atoms with E-state index in [9.17, 15) is 22.4 Å². The summed E-state index contributed by atoms with van der Waals surface area (Å²) in [6, 6.07) is 9.68. The third-order valence-corrected chi connectivity index (χ3v) is 3.04. The first kappa shape index (κ1) is 16.8. The molecule has 0 saturated heterocycles. The molecule has 0 bridgehead atoms. The van der Waals surface area contributed by atoms with Gasteiger partial charge in [-0.1, -0.05) is 18.2 Å². The van der Waals surface area contributed by atoms with Crippen LogP contribution in [-0.4, -0.2) is 12.6 Å². The molecule has 2 N–H and O–H groups in total. The number of hydrogen-bond acceptors (Lipinski definition) is 1. The van der Waals surface area contributed by atoms with Gasteiger partial charge in [0.15, 0.2) is 0 Å². The molecule has 7 heteroatoms. The second-order valence-electron chi connectivity index (χ2n) is 4.84. The highest BCUT2D eigenvalue weighted by Gasteiger charge is 2.30. The maximum absolute atomic E-state index is 13.0. The van der Waals surface area contributed by atoms with Gasteiger partial charge in [0.05, 0.1) is 5.56 Å². The van der Waals surface area contributed by atoms with Crippen molar-refractivity contribution in [2.24, 2.45) is 0 Å². The highest BCUT2D eigenvalue weighted by atomic mass is 19.4. The zero-order valence-corrected chi connectivity index (χ0v) is 12.0. The first-order valence-corrected chi connectivity index (χ1v) is 6.81. The van der Waals surface area contributed by atoms with Crippen molar-refractivity contribution in [1.82, 2.24) is 5.32 Å². The topological polar surface area (TPSA) is 41.1 Å². The fourth-order valence-corrected chi connectivity index (χ4v) is 1.96. The van der Waals surface area contributed by atoms with E-state index >= 15 is 0 Å². The maximum atomic E-state index is 13.0. The van der Waals surface area contributed by atoms with Crippen LogP contribution in [0.1, 0.15) is 11.1 Å². The van der Waals surface area contributed by atoms with Crippen LogP contribution >= 0.6 is 0 Å². The fraction of sp³-hybridized carbons (Fsp3) is 0.188. The van der Waals surface area contributed by atoms with Crippen molar-refractivity contribution >= 4 is 11.7 Å². The number of amides is 2. The molecule has 2 aromatic rings. The zero-order valence-electron chi connectivity index (χ0n) is 12.0. The van der Waals surface area contributed by atoms with Crippen molar-refractivity contribution in [3.8, 4) is 0 Å². The van der Waals surface area contributed by atoms with E-state index < -0.39 is 17.8 Å². The Morgan fingerprint density at radius 3 is 2.48 bits per heavy atom. The molecule has 3 nitrogen and oxygen atoms in total. The SMILES string of the molecule is O=C(NCCc1cccc(F)c1)Nc1cccc(C(F)(F)F)c1. The summed E-state index contributed by atoms with van der Waals surface area (Å²) in [7, 11) is 0. The monoisotopic (exact) mass is 326 g/mol. The largest absolute Gasteiger partial charge is 0.416 e.